The van der Waals surface area contributed by atoms with Gasteiger partial charge < -0.3 is 15.2 Å². The minimum atomic E-state index is -1.08. The molecule has 2 N–H and O–H groups in total. The lowest BCUT2D eigenvalue weighted by atomic mass is 10.3. The van der Waals surface area contributed by atoms with Crippen LogP contribution in [0.4, 0.5) is 0 Å². The van der Waals surface area contributed by atoms with Crippen LogP contribution in [0, 0.1) is 0 Å². The largest absolute Gasteiger partial charge is 0.480 e. The molecule has 0 aromatic rings. The van der Waals surface area contributed by atoms with E-state index in [4.69, 9.17) is 5.11 Å². The number of nitrogens with one attached hydrogen (secondary N) is 1. The van der Waals surface area contributed by atoms with E-state index in [2.05, 4.69) is 10.1 Å². The summed E-state index contributed by atoms with van der Waals surface area (Å²) in [5.74, 6) is -1.09. The van der Waals surface area contributed by atoms with Crippen molar-refractivity contribution in [1.29, 1.82) is 0 Å². The maximum atomic E-state index is 11.3. The second-order valence-electron chi connectivity index (χ2n) is 3.27. The van der Waals surface area contributed by atoms with Crippen molar-refractivity contribution in [2.45, 2.75) is 25.1 Å². The van der Waals surface area contributed by atoms with Crippen molar-refractivity contribution < 1.29 is 19.4 Å². The molecule has 0 aliphatic carbocycles. The number of ether oxygens (including phenoxy) is 1. The van der Waals surface area contributed by atoms with Crippen LogP contribution in [0.25, 0.3) is 0 Å². The van der Waals surface area contributed by atoms with Crippen molar-refractivity contribution in [3.63, 3.8) is 0 Å². The predicted octanol–water partition coefficient (Wildman–Crippen LogP) is 0.344. The zero-order chi connectivity index (χ0) is 11.8. The van der Waals surface area contributed by atoms with E-state index in [0.717, 1.165) is 0 Å². The summed E-state index contributed by atoms with van der Waals surface area (Å²) < 4.78 is 4.69. The van der Waals surface area contributed by atoms with Gasteiger partial charge >= 0.3 is 5.97 Å². The third-order valence-corrected chi connectivity index (χ3v) is 2.61. The molecular weight excluding hydrogens is 218 g/mol. The Morgan fingerprint density at radius 1 is 1.47 bits per heavy atom. The summed E-state index contributed by atoms with van der Waals surface area (Å²) in [6.07, 6.45) is 0. The summed E-state index contributed by atoms with van der Waals surface area (Å²) in [5, 5.41) is 11.5. The molecule has 5 nitrogen and oxygen atoms in total. The summed E-state index contributed by atoms with van der Waals surface area (Å²) in [6, 6.07) is -0.963. The monoisotopic (exact) mass is 235 g/mol. The van der Waals surface area contributed by atoms with E-state index in [1.165, 1.54) is 18.9 Å². The van der Waals surface area contributed by atoms with Gasteiger partial charge in [-0.25, -0.2) is 4.79 Å². The Labute approximate surface area is 93.6 Å². The normalized spacial score (nSPS) is 12.5. The minimum absolute atomic E-state index is 0.0204. The van der Waals surface area contributed by atoms with Gasteiger partial charge in [0.1, 0.15) is 0 Å². The fourth-order valence-electron chi connectivity index (χ4n) is 0.820. The van der Waals surface area contributed by atoms with Gasteiger partial charge in [-0.3, -0.25) is 4.79 Å². The van der Waals surface area contributed by atoms with Crippen LogP contribution < -0.4 is 5.32 Å². The summed E-state index contributed by atoms with van der Waals surface area (Å²) in [6.45, 7) is 3.93. The molecule has 0 spiro atoms. The van der Waals surface area contributed by atoms with E-state index >= 15 is 0 Å². The highest BCUT2D eigenvalue weighted by atomic mass is 32.2. The van der Waals surface area contributed by atoms with Crippen molar-refractivity contribution >= 4 is 23.6 Å². The van der Waals surface area contributed by atoms with Crippen molar-refractivity contribution in [3.8, 4) is 0 Å². The lowest BCUT2D eigenvalue weighted by molar-refractivity contribution is -0.142. The van der Waals surface area contributed by atoms with Gasteiger partial charge in [-0.05, 0) is 5.25 Å². The SMILES string of the molecule is COCC(NC(=O)CSC(C)C)C(=O)O. The van der Waals surface area contributed by atoms with Crippen molar-refractivity contribution in [3.05, 3.63) is 0 Å². The Morgan fingerprint density at radius 2 is 2.07 bits per heavy atom. The third-order valence-electron chi connectivity index (χ3n) is 1.51. The molecular formula is C9H17NO4S. The molecule has 0 saturated heterocycles. The molecule has 6 heteroatoms. The van der Waals surface area contributed by atoms with Gasteiger partial charge in [0.15, 0.2) is 6.04 Å². The van der Waals surface area contributed by atoms with E-state index in [9.17, 15) is 9.59 Å². The molecule has 0 bridgehead atoms. The lowest BCUT2D eigenvalue weighted by Crippen LogP contribution is -2.44. The molecule has 0 aromatic carbocycles. The number of carboxylic acids is 1. The smallest absolute Gasteiger partial charge is 0.328 e. The molecule has 0 aliphatic rings. The maximum absolute atomic E-state index is 11.3. The number of aliphatic carboxylic acids is 1. The van der Waals surface area contributed by atoms with Gasteiger partial charge in [0.05, 0.1) is 12.4 Å². The molecule has 1 atom stereocenters. The van der Waals surface area contributed by atoms with Crippen LogP contribution in [0.2, 0.25) is 0 Å². The van der Waals surface area contributed by atoms with Crippen molar-refractivity contribution in [2.24, 2.45) is 0 Å². The molecule has 1 amide bonds. The number of rotatable bonds is 7. The standard InChI is InChI=1S/C9H17NO4S/c1-6(2)15-5-8(11)10-7(4-14-3)9(12)13/h6-7H,4-5H2,1-3H3,(H,10,11)(H,12,13). The third kappa shape index (κ3) is 7.21. The summed E-state index contributed by atoms with van der Waals surface area (Å²) >= 11 is 1.47. The average Bonchev–Trinajstić information content (AvgIpc) is 2.14. The first-order valence-corrected chi connectivity index (χ1v) is 5.65. The first-order valence-electron chi connectivity index (χ1n) is 4.60. The molecule has 15 heavy (non-hydrogen) atoms. The highest BCUT2D eigenvalue weighted by Gasteiger charge is 2.19. The summed E-state index contributed by atoms with van der Waals surface area (Å²) in [4.78, 5) is 21.9. The Hall–Kier alpha value is -0.750. The molecule has 0 aliphatic heterocycles. The summed E-state index contributed by atoms with van der Waals surface area (Å²) in [5.41, 5.74) is 0. The zero-order valence-corrected chi connectivity index (χ0v) is 9.97. The Kier molecular flexibility index (Phi) is 7.15. The van der Waals surface area contributed by atoms with Crippen molar-refractivity contribution in [1.82, 2.24) is 5.32 Å². The number of methoxy groups -OCH3 is 1. The van der Waals surface area contributed by atoms with Gasteiger partial charge in [0.25, 0.3) is 0 Å². The topological polar surface area (TPSA) is 75.6 Å². The second kappa shape index (κ2) is 7.53. The fraction of sp³-hybridized carbons (Fsp3) is 0.778. The van der Waals surface area contributed by atoms with Crippen LogP contribution in [-0.2, 0) is 14.3 Å². The van der Waals surface area contributed by atoms with Crippen LogP contribution >= 0.6 is 11.8 Å². The molecule has 1 unspecified atom stereocenters. The Morgan fingerprint density at radius 3 is 2.47 bits per heavy atom. The van der Waals surface area contributed by atoms with Gasteiger partial charge in [-0.15, -0.1) is 11.8 Å². The molecule has 88 valence electrons. The summed E-state index contributed by atoms with van der Waals surface area (Å²) in [7, 11) is 1.39. The van der Waals surface area contributed by atoms with E-state index in [0.29, 0.717) is 5.25 Å². The quantitative estimate of drug-likeness (QED) is 0.665. The minimum Gasteiger partial charge on any atom is -0.480 e. The number of carbonyl (C=O) groups excluding carboxylic acids is 1. The first-order chi connectivity index (χ1) is 6.97. The van der Waals surface area contributed by atoms with Gasteiger partial charge in [0, 0.05) is 7.11 Å². The first kappa shape index (κ1) is 14.2. The Balaban J connectivity index is 3.94. The van der Waals surface area contributed by atoms with Crippen molar-refractivity contribution in [2.75, 3.05) is 19.5 Å². The number of carboxylic acid groups (broad SMARTS) is 1. The van der Waals surface area contributed by atoms with Crippen LogP contribution in [0.3, 0.4) is 0 Å². The van der Waals surface area contributed by atoms with Crippen LogP contribution in [-0.4, -0.2) is 47.7 Å². The Bertz CT molecular complexity index is 220. The van der Waals surface area contributed by atoms with Gasteiger partial charge in [-0.2, -0.15) is 0 Å². The molecule has 0 saturated carbocycles. The number of amides is 1. The van der Waals surface area contributed by atoms with Crippen LogP contribution in [0.15, 0.2) is 0 Å². The average molecular weight is 235 g/mol. The number of hydrogen-bond donors (Lipinski definition) is 2. The molecule has 0 heterocycles. The number of hydrogen-bond acceptors (Lipinski definition) is 4. The highest BCUT2D eigenvalue weighted by Crippen LogP contribution is 2.07. The van der Waals surface area contributed by atoms with E-state index < -0.39 is 12.0 Å². The fourth-order valence-corrected chi connectivity index (χ4v) is 1.39. The lowest BCUT2D eigenvalue weighted by Gasteiger charge is -2.13. The maximum Gasteiger partial charge on any atom is 0.328 e. The van der Waals surface area contributed by atoms with E-state index in [1.807, 2.05) is 13.8 Å². The van der Waals surface area contributed by atoms with Gasteiger partial charge in [0.2, 0.25) is 5.91 Å². The molecule has 0 aromatic heterocycles. The van der Waals surface area contributed by atoms with Gasteiger partial charge in [-0.1, -0.05) is 13.8 Å². The molecule has 0 fully saturated rings. The number of thioether (sulfide) groups is 1. The van der Waals surface area contributed by atoms with Crippen LogP contribution in [0.5, 0.6) is 0 Å². The van der Waals surface area contributed by atoms with Crippen LogP contribution in [0.1, 0.15) is 13.8 Å². The zero-order valence-electron chi connectivity index (χ0n) is 9.15. The highest BCUT2D eigenvalue weighted by molar-refractivity contribution is 8.00. The molecule has 0 rings (SSSR count). The van der Waals surface area contributed by atoms with E-state index in [1.54, 1.807) is 0 Å². The molecule has 0 radical (unpaired) electrons. The van der Waals surface area contributed by atoms with E-state index in [-0.39, 0.29) is 18.3 Å². The second-order valence-corrected chi connectivity index (χ2v) is 4.84. The predicted molar refractivity (Wildman–Crippen MR) is 59.0 cm³/mol. The number of carbonyl (C=O) groups is 2.